The summed E-state index contributed by atoms with van der Waals surface area (Å²) in [5.41, 5.74) is 0.904. The molecule has 3 amide bonds. The Hall–Kier alpha value is -4.27. The summed E-state index contributed by atoms with van der Waals surface area (Å²) in [6.07, 6.45) is 3.28. The zero-order valence-electron chi connectivity index (χ0n) is 16.6. The number of nitrogens with zero attached hydrogens (tertiary/aromatic N) is 2. The van der Waals surface area contributed by atoms with Gasteiger partial charge in [-0.1, -0.05) is 30.3 Å². The summed E-state index contributed by atoms with van der Waals surface area (Å²) in [5.74, 6) is -1.19. The molecule has 1 unspecified atom stereocenters. The van der Waals surface area contributed by atoms with Crippen LogP contribution in [0.25, 0.3) is 0 Å². The van der Waals surface area contributed by atoms with Gasteiger partial charge in [0.25, 0.3) is 5.91 Å². The van der Waals surface area contributed by atoms with Gasteiger partial charge >= 0.3 is 12.0 Å². The van der Waals surface area contributed by atoms with E-state index in [1.807, 2.05) is 30.3 Å². The third kappa shape index (κ3) is 6.36. The molecule has 0 bridgehead atoms. The lowest BCUT2D eigenvalue weighted by Crippen LogP contribution is -2.44. The molecule has 0 fully saturated rings. The van der Waals surface area contributed by atoms with E-state index in [9.17, 15) is 14.4 Å². The molecule has 0 aliphatic heterocycles. The van der Waals surface area contributed by atoms with Crippen LogP contribution >= 0.6 is 0 Å². The predicted octanol–water partition coefficient (Wildman–Crippen LogP) is 2.84. The van der Waals surface area contributed by atoms with Crippen molar-refractivity contribution in [2.24, 2.45) is 0 Å². The first-order valence-electron chi connectivity index (χ1n) is 9.39. The molecule has 0 aliphatic rings. The highest BCUT2D eigenvalue weighted by Gasteiger charge is 2.23. The van der Waals surface area contributed by atoms with E-state index in [1.165, 1.54) is 31.5 Å². The van der Waals surface area contributed by atoms with Crippen molar-refractivity contribution < 1.29 is 23.9 Å². The third-order valence-corrected chi connectivity index (χ3v) is 4.03. The average molecular weight is 420 g/mol. The molecule has 3 rings (SSSR count). The number of aromatic nitrogens is 2. The van der Waals surface area contributed by atoms with E-state index in [-0.39, 0.29) is 18.0 Å². The largest absolute Gasteiger partial charge is 0.449 e. The second-order valence-corrected chi connectivity index (χ2v) is 6.35. The molecule has 1 aromatic carbocycles. The molecule has 2 heterocycles. The number of amides is 3. The minimum absolute atomic E-state index is 0.00807. The Morgan fingerprint density at radius 1 is 1.00 bits per heavy atom. The number of urea groups is 1. The number of hydrogen-bond donors (Lipinski definition) is 2. The number of carbonyl (C=O) groups excluding carboxylic acids is 3. The smallest absolute Gasteiger partial charge is 0.344 e. The van der Waals surface area contributed by atoms with E-state index in [2.05, 4.69) is 20.6 Å². The second-order valence-electron chi connectivity index (χ2n) is 6.35. The van der Waals surface area contributed by atoms with Crippen molar-refractivity contribution in [1.29, 1.82) is 0 Å². The predicted molar refractivity (Wildman–Crippen MR) is 110 cm³/mol. The van der Waals surface area contributed by atoms with Gasteiger partial charge in [0.2, 0.25) is 5.88 Å². The van der Waals surface area contributed by atoms with Crippen LogP contribution in [0, 0.1) is 0 Å². The molecule has 0 spiro atoms. The number of rotatable bonds is 7. The van der Waals surface area contributed by atoms with Crippen LogP contribution in [0.15, 0.2) is 73.2 Å². The van der Waals surface area contributed by atoms with Gasteiger partial charge in [-0.05, 0) is 36.8 Å². The molecule has 0 radical (unpaired) electrons. The van der Waals surface area contributed by atoms with Crippen LogP contribution in [-0.4, -0.2) is 34.0 Å². The van der Waals surface area contributed by atoms with Gasteiger partial charge in [0, 0.05) is 18.9 Å². The van der Waals surface area contributed by atoms with Crippen molar-refractivity contribution in [3.8, 4) is 11.6 Å². The second kappa shape index (κ2) is 10.5. The Kier molecular flexibility index (Phi) is 7.26. The lowest BCUT2D eigenvalue weighted by molar-refractivity contribution is -0.127. The average Bonchev–Trinajstić information content (AvgIpc) is 2.79. The molecule has 0 aliphatic carbocycles. The lowest BCUT2D eigenvalue weighted by Gasteiger charge is -2.14. The summed E-state index contributed by atoms with van der Waals surface area (Å²) in [7, 11) is 0. The Bertz CT molecular complexity index is 1040. The summed E-state index contributed by atoms with van der Waals surface area (Å²) in [4.78, 5) is 44.6. The fourth-order valence-corrected chi connectivity index (χ4v) is 2.46. The van der Waals surface area contributed by atoms with Crippen LogP contribution in [0.2, 0.25) is 0 Å². The zero-order valence-corrected chi connectivity index (χ0v) is 16.6. The topological polar surface area (TPSA) is 120 Å². The number of pyridine rings is 2. The third-order valence-electron chi connectivity index (χ3n) is 4.03. The number of benzene rings is 1. The molecule has 9 heteroatoms. The van der Waals surface area contributed by atoms with E-state index in [4.69, 9.17) is 9.47 Å². The maximum atomic E-state index is 12.5. The monoisotopic (exact) mass is 420 g/mol. The van der Waals surface area contributed by atoms with Crippen molar-refractivity contribution in [1.82, 2.24) is 20.6 Å². The highest BCUT2D eigenvalue weighted by Crippen LogP contribution is 2.22. The van der Waals surface area contributed by atoms with E-state index >= 15 is 0 Å². The first-order valence-corrected chi connectivity index (χ1v) is 9.39. The van der Waals surface area contributed by atoms with Gasteiger partial charge in [0.05, 0.1) is 6.20 Å². The van der Waals surface area contributed by atoms with Gasteiger partial charge in [0.15, 0.2) is 6.10 Å². The number of carbonyl (C=O) groups is 3. The van der Waals surface area contributed by atoms with Crippen LogP contribution in [0.4, 0.5) is 4.79 Å². The molecule has 3 aromatic rings. The molecule has 31 heavy (non-hydrogen) atoms. The maximum Gasteiger partial charge on any atom is 0.344 e. The fourth-order valence-electron chi connectivity index (χ4n) is 2.46. The Labute approximate surface area is 178 Å². The maximum absolute atomic E-state index is 12.5. The minimum Gasteiger partial charge on any atom is -0.449 e. The van der Waals surface area contributed by atoms with Crippen LogP contribution in [-0.2, 0) is 16.1 Å². The SMILES string of the molecule is CC(OC(=O)c1cccnc1Oc1cccnc1)C(=O)NC(=O)NCc1ccccc1. The summed E-state index contributed by atoms with van der Waals surface area (Å²) in [6.45, 7) is 1.61. The van der Waals surface area contributed by atoms with E-state index in [1.54, 1.807) is 18.3 Å². The Morgan fingerprint density at radius 2 is 1.77 bits per heavy atom. The van der Waals surface area contributed by atoms with Gasteiger partial charge < -0.3 is 14.8 Å². The molecule has 9 nitrogen and oxygen atoms in total. The molecular formula is C22H20N4O5. The molecule has 0 saturated carbocycles. The van der Waals surface area contributed by atoms with Gasteiger partial charge in [-0.25, -0.2) is 14.6 Å². The summed E-state index contributed by atoms with van der Waals surface area (Å²) in [6, 6.07) is 14.8. The molecular weight excluding hydrogens is 400 g/mol. The number of imide groups is 1. The van der Waals surface area contributed by atoms with Gasteiger partial charge in [-0.15, -0.1) is 0 Å². The Balaban J connectivity index is 1.55. The van der Waals surface area contributed by atoms with Crippen LogP contribution in [0.1, 0.15) is 22.8 Å². The number of nitrogens with one attached hydrogen (secondary N) is 2. The zero-order chi connectivity index (χ0) is 22.1. The van der Waals surface area contributed by atoms with E-state index in [0.717, 1.165) is 5.56 Å². The van der Waals surface area contributed by atoms with Gasteiger partial charge in [-0.2, -0.15) is 0 Å². The molecule has 0 saturated heterocycles. The molecule has 1 atom stereocenters. The van der Waals surface area contributed by atoms with Crippen molar-refractivity contribution in [2.45, 2.75) is 19.6 Å². The quantitative estimate of drug-likeness (QED) is 0.564. The normalized spacial score (nSPS) is 11.1. The van der Waals surface area contributed by atoms with Crippen molar-refractivity contribution in [3.63, 3.8) is 0 Å². The molecule has 158 valence electrons. The number of ether oxygens (including phenoxy) is 2. The summed E-state index contributed by atoms with van der Waals surface area (Å²) in [5, 5.41) is 4.70. The van der Waals surface area contributed by atoms with E-state index in [0.29, 0.717) is 5.75 Å². The summed E-state index contributed by atoms with van der Waals surface area (Å²) >= 11 is 0. The lowest BCUT2D eigenvalue weighted by atomic mass is 10.2. The first kappa shape index (κ1) is 21.4. The van der Waals surface area contributed by atoms with Gasteiger partial charge in [0.1, 0.15) is 11.3 Å². The Morgan fingerprint density at radius 3 is 2.52 bits per heavy atom. The highest BCUT2D eigenvalue weighted by molar-refractivity contribution is 5.99. The minimum atomic E-state index is -1.22. The highest BCUT2D eigenvalue weighted by atomic mass is 16.6. The summed E-state index contributed by atoms with van der Waals surface area (Å²) < 4.78 is 10.7. The van der Waals surface area contributed by atoms with Crippen LogP contribution < -0.4 is 15.4 Å². The van der Waals surface area contributed by atoms with Crippen LogP contribution in [0.3, 0.4) is 0 Å². The number of esters is 1. The fraction of sp³-hybridized carbons (Fsp3) is 0.136. The number of hydrogen-bond acceptors (Lipinski definition) is 7. The van der Waals surface area contributed by atoms with Crippen LogP contribution in [0.5, 0.6) is 11.6 Å². The molecule has 2 aromatic heterocycles. The van der Waals surface area contributed by atoms with Crippen molar-refractivity contribution in [2.75, 3.05) is 0 Å². The standard InChI is InChI=1S/C22H20N4O5/c1-15(19(27)26-22(29)25-13-16-7-3-2-4-8-16)30-21(28)18-10-6-12-24-20(18)31-17-9-5-11-23-14-17/h2-12,14-15H,13H2,1H3,(H2,25,26,27,29). The van der Waals surface area contributed by atoms with Crippen molar-refractivity contribution >= 4 is 17.9 Å². The van der Waals surface area contributed by atoms with Gasteiger partial charge in [-0.3, -0.25) is 15.1 Å². The van der Waals surface area contributed by atoms with E-state index < -0.39 is 24.0 Å². The first-order chi connectivity index (χ1) is 15.0. The molecule has 2 N–H and O–H groups in total. The van der Waals surface area contributed by atoms with Crippen molar-refractivity contribution in [3.05, 3.63) is 84.3 Å².